The average Bonchev–Trinajstić information content (AvgIpc) is 3.18. The number of carbonyl (C=O) groups excluding carboxylic acids is 2. The van der Waals surface area contributed by atoms with Crippen LogP contribution in [-0.2, 0) is 0 Å². The quantitative estimate of drug-likeness (QED) is 0.517. The first-order chi connectivity index (χ1) is 12.8. The average molecular weight is 383 g/mol. The van der Waals surface area contributed by atoms with Crippen LogP contribution in [0.4, 0.5) is 0 Å². The predicted octanol–water partition coefficient (Wildman–Crippen LogP) is 3.48. The lowest BCUT2D eigenvalue weighted by atomic mass is 10.0. The summed E-state index contributed by atoms with van der Waals surface area (Å²) < 4.78 is 1.64. The number of para-hydroxylation sites is 1. The normalized spacial score (nSPS) is 12.2. The van der Waals surface area contributed by atoms with E-state index in [9.17, 15) is 9.59 Å². The van der Waals surface area contributed by atoms with E-state index in [-0.39, 0.29) is 11.6 Å². The molecule has 0 amide bonds. The molecule has 0 saturated heterocycles. The van der Waals surface area contributed by atoms with E-state index in [4.69, 9.17) is 0 Å². The van der Waals surface area contributed by atoms with Crippen LogP contribution in [0.1, 0.15) is 51.5 Å². The minimum atomic E-state index is -0.421. The van der Waals surface area contributed by atoms with E-state index in [0.717, 1.165) is 11.3 Å². The molecule has 0 radical (unpaired) electrons. The number of H-pyrrole nitrogens is 1. The van der Waals surface area contributed by atoms with Gasteiger partial charge in [0.05, 0.1) is 16.6 Å². The number of hydrogen-bond acceptors (Lipinski definition) is 6. The second kappa shape index (κ2) is 7.48. The molecule has 1 aromatic carbocycles. The van der Waals surface area contributed by atoms with Crippen LogP contribution in [-0.4, -0.2) is 42.0 Å². The zero-order valence-electron chi connectivity index (χ0n) is 15.9. The molecule has 0 aliphatic rings. The first-order valence-corrected chi connectivity index (χ1v) is 9.44. The number of nitrogens with one attached hydrogen (secondary N) is 1. The summed E-state index contributed by atoms with van der Waals surface area (Å²) in [5.74, 6) is -0.142. The first-order valence-electron chi connectivity index (χ1n) is 8.56. The summed E-state index contributed by atoms with van der Waals surface area (Å²) in [4.78, 5) is 27.8. The van der Waals surface area contributed by atoms with Crippen molar-refractivity contribution in [1.82, 2.24) is 25.2 Å². The van der Waals surface area contributed by atoms with Gasteiger partial charge in [-0.25, -0.2) is 0 Å². The van der Waals surface area contributed by atoms with Gasteiger partial charge in [0, 0.05) is 11.3 Å². The topological polar surface area (TPSA) is 93.5 Å². The predicted molar refractivity (Wildman–Crippen MR) is 104 cm³/mol. The van der Waals surface area contributed by atoms with Crippen LogP contribution in [0, 0.1) is 20.8 Å². The van der Waals surface area contributed by atoms with Crippen molar-refractivity contribution in [2.24, 2.45) is 0 Å². The molecule has 8 heteroatoms. The van der Waals surface area contributed by atoms with Gasteiger partial charge in [-0.1, -0.05) is 30.0 Å². The van der Waals surface area contributed by atoms with E-state index < -0.39 is 5.25 Å². The number of hydrogen-bond donors (Lipinski definition) is 1. The van der Waals surface area contributed by atoms with Gasteiger partial charge in [0.2, 0.25) is 5.16 Å². The first kappa shape index (κ1) is 19.0. The highest BCUT2D eigenvalue weighted by Gasteiger charge is 2.26. The standard InChI is InChI=1S/C19H21N5O2S/c1-10-8-6-7-9-15(10)24-19(21-22-23-24)27-14(5)18(26)17-11(2)16(13(4)25)12(3)20-17/h6-9,14,20H,1-5H3/t14-/m1/s1. The molecule has 0 aliphatic carbocycles. The number of rotatable bonds is 6. The van der Waals surface area contributed by atoms with E-state index in [1.807, 2.05) is 38.1 Å². The Morgan fingerprint density at radius 3 is 2.52 bits per heavy atom. The maximum atomic E-state index is 13.0. The highest BCUT2D eigenvalue weighted by molar-refractivity contribution is 8.00. The number of nitrogens with zero attached hydrogens (tertiary/aromatic N) is 4. The molecule has 0 saturated carbocycles. The molecule has 0 unspecified atom stereocenters. The van der Waals surface area contributed by atoms with Gasteiger partial charge in [-0.2, -0.15) is 4.68 Å². The van der Waals surface area contributed by atoms with Gasteiger partial charge in [0.25, 0.3) is 0 Å². The maximum absolute atomic E-state index is 13.0. The van der Waals surface area contributed by atoms with Crippen LogP contribution in [0.5, 0.6) is 0 Å². The number of aromatic amines is 1. The Morgan fingerprint density at radius 1 is 1.19 bits per heavy atom. The number of carbonyl (C=O) groups is 2. The number of benzene rings is 1. The Hall–Kier alpha value is -2.74. The lowest BCUT2D eigenvalue weighted by molar-refractivity contribution is 0.0988. The van der Waals surface area contributed by atoms with Crippen molar-refractivity contribution in [3.05, 3.63) is 52.3 Å². The van der Waals surface area contributed by atoms with Crippen molar-refractivity contribution in [3.63, 3.8) is 0 Å². The number of aromatic nitrogens is 5. The minimum Gasteiger partial charge on any atom is -0.355 e. The van der Waals surface area contributed by atoms with Gasteiger partial charge < -0.3 is 4.98 Å². The molecule has 1 atom stereocenters. The van der Waals surface area contributed by atoms with Crippen molar-refractivity contribution < 1.29 is 9.59 Å². The van der Waals surface area contributed by atoms with Gasteiger partial charge in [-0.15, -0.1) is 5.10 Å². The smallest absolute Gasteiger partial charge is 0.214 e. The third-order valence-electron chi connectivity index (χ3n) is 4.47. The van der Waals surface area contributed by atoms with Gasteiger partial charge in [-0.3, -0.25) is 9.59 Å². The monoisotopic (exact) mass is 383 g/mol. The Labute approximate surface area is 161 Å². The molecular weight excluding hydrogens is 362 g/mol. The maximum Gasteiger partial charge on any atom is 0.214 e. The summed E-state index contributed by atoms with van der Waals surface area (Å²) in [6.07, 6.45) is 0. The van der Waals surface area contributed by atoms with Crippen molar-refractivity contribution in [2.45, 2.75) is 45.0 Å². The summed E-state index contributed by atoms with van der Waals surface area (Å²) in [5, 5.41) is 12.0. The molecule has 2 aromatic heterocycles. The van der Waals surface area contributed by atoms with E-state index in [1.165, 1.54) is 18.7 Å². The van der Waals surface area contributed by atoms with Crippen LogP contribution in [0.25, 0.3) is 5.69 Å². The van der Waals surface area contributed by atoms with E-state index in [1.54, 1.807) is 18.5 Å². The molecule has 0 spiro atoms. The molecule has 3 aromatic rings. The van der Waals surface area contributed by atoms with Crippen LogP contribution in [0.2, 0.25) is 0 Å². The second-order valence-corrected chi connectivity index (χ2v) is 7.77. The van der Waals surface area contributed by atoms with Gasteiger partial charge in [0.15, 0.2) is 11.6 Å². The van der Waals surface area contributed by atoms with Gasteiger partial charge in [-0.05, 0) is 62.2 Å². The number of ketones is 2. The van der Waals surface area contributed by atoms with Crippen molar-refractivity contribution in [2.75, 3.05) is 0 Å². The van der Waals surface area contributed by atoms with Crippen molar-refractivity contribution in [1.29, 1.82) is 0 Å². The van der Waals surface area contributed by atoms with E-state index in [0.29, 0.717) is 27.7 Å². The lowest BCUT2D eigenvalue weighted by Gasteiger charge is -2.11. The van der Waals surface area contributed by atoms with Crippen LogP contribution in [0.15, 0.2) is 29.4 Å². The fraction of sp³-hybridized carbons (Fsp3) is 0.316. The highest BCUT2D eigenvalue weighted by Crippen LogP contribution is 2.28. The molecule has 1 N–H and O–H groups in total. The Morgan fingerprint density at radius 2 is 1.89 bits per heavy atom. The summed E-state index contributed by atoms with van der Waals surface area (Å²) in [6.45, 7) is 8.90. The molecule has 0 bridgehead atoms. The van der Waals surface area contributed by atoms with Crippen molar-refractivity contribution in [3.8, 4) is 5.69 Å². The van der Waals surface area contributed by atoms with Crippen LogP contribution >= 0.6 is 11.8 Å². The molecule has 0 aliphatic heterocycles. The van der Waals surface area contributed by atoms with Gasteiger partial charge >= 0.3 is 0 Å². The molecule has 3 rings (SSSR count). The van der Waals surface area contributed by atoms with Crippen LogP contribution < -0.4 is 0 Å². The Kier molecular flexibility index (Phi) is 5.27. The van der Waals surface area contributed by atoms with Crippen LogP contribution in [0.3, 0.4) is 0 Å². The summed E-state index contributed by atoms with van der Waals surface area (Å²) >= 11 is 1.29. The van der Waals surface area contributed by atoms with Gasteiger partial charge in [0.1, 0.15) is 0 Å². The summed E-state index contributed by atoms with van der Waals surface area (Å²) in [7, 11) is 0. The number of thioether (sulfide) groups is 1. The Balaban J connectivity index is 1.87. The molecule has 7 nitrogen and oxygen atoms in total. The lowest BCUT2D eigenvalue weighted by Crippen LogP contribution is -2.16. The third-order valence-corrected chi connectivity index (χ3v) is 5.50. The molecular formula is C19H21N5O2S. The zero-order chi connectivity index (χ0) is 19.7. The summed E-state index contributed by atoms with van der Waals surface area (Å²) in [6, 6.07) is 7.78. The third kappa shape index (κ3) is 3.57. The SMILES string of the molecule is CC(=O)c1c(C)[nH]c(C(=O)[C@@H](C)Sc2nnnn2-c2ccccc2C)c1C. The van der Waals surface area contributed by atoms with E-state index >= 15 is 0 Å². The molecule has 27 heavy (non-hydrogen) atoms. The molecule has 0 fully saturated rings. The Bertz CT molecular complexity index is 1020. The van der Waals surface area contributed by atoms with E-state index in [2.05, 4.69) is 20.5 Å². The molecule has 140 valence electrons. The number of tetrazole rings is 1. The zero-order valence-corrected chi connectivity index (χ0v) is 16.7. The number of aryl methyl sites for hydroxylation is 2. The largest absolute Gasteiger partial charge is 0.355 e. The van der Waals surface area contributed by atoms with Crippen molar-refractivity contribution >= 4 is 23.3 Å². The fourth-order valence-corrected chi connectivity index (χ4v) is 4.00. The molecule has 2 heterocycles. The summed E-state index contributed by atoms with van der Waals surface area (Å²) in [5.41, 5.74) is 4.36. The number of Topliss-reactive ketones (excluding diaryl/α,β-unsaturated/α-hetero) is 2. The minimum absolute atomic E-state index is 0.0518. The highest BCUT2D eigenvalue weighted by atomic mass is 32.2. The second-order valence-electron chi connectivity index (χ2n) is 6.47. The fourth-order valence-electron chi connectivity index (χ4n) is 3.14.